The van der Waals surface area contributed by atoms with Crippen molar-refractivity contribution in [2.45, 2.75) is 13.5 Å². The van der Waals surface area contributed by atoms with Gasteiger partial charge in [0, 0.05) is 0 Å². The SMILES string of the molecule is CCOC(=O)c1ccc(OC(F)F)c(N)c1F. The first-order valence-corrected chi connectivity index (χ1v) is 4.67. The largest absolute Gasteiger partial charge is 0.462 e. The van der Waals surface area contributed by atoms with Gasteiger partial charge in [-0.15, -0.1) is 0 Å². The Morgan fingerprint density at radius 1 is 1.47 bits per heavy atom. The number of alkyl halides is 2. The summed E-state index contributed by atoms with van der Waals surface area (Å²) in [5.41, 5.74) is 4.14. The molecular formula is C10H10F3NO3. The number of esters is 1. The monoisotopic (exact) mass is 249 g/mol. The number of benzene rings is 1. The molecule has 1 aromatic carbocycles. The second kappa shape index (κ2) is 5.42. The molecule has 17 heavy (non-hydrogen) atoms. The topological polar surface area (TPSA) is 61.5 Å². The van der Waals surface area contributed by atoms with Gasteiger partial charge in [0.2, 0.25) is 0 Å². The highest BCUT2D eigenvalue weighted by molar-refractivity contribution is 5.91. The summed E-state index contributed by atoms with van der Waals surface area (Å²) in [5.74, 6) is -2.58. The molecule has 0 aromatic heterocycles. The van der Waals surface area contributed by atoms with Crippen molar-refractivity contribution in [3.8, 4) is 5.75 Å². The number of rotatable bonds is 4. The summed E-state index contributed by atoms with van der Waals surface area (Å²) in [5, 5.41) is 0. The van der Waals surface area contributed by atoms with Crippen molar-refractivity contribution in [2.24, 2.45) is 0 Å². The van der Waals surface area contributed by atoms with Gasteiger partial charge in [0.25, 0.3) is 0 Å². The quantitative estimate of drug-likeness (QED) is 0.656. The third-order valence-corrected chi connectivity index (χ3v) is 1.85. The van der Waals surface area contributed by atoms with Gasteiger partial charge in [0.1, 0.15) is 5.69 Å². The number of ether oxygens (including phenoxy) is 2. The van der Waals surface area contributed by atoms with Gasteiger partial charge in [-0.05, 0) is 19.1 Å². The molecule has 0 unspecified atom stereocenters. The molecule has 0 bridgehead atoms. The van der Waals surface area contributed by atoms with Gasteiger partial charge in [-0.3, -0.25) is 0 Å². The second-order valence-electron chi connectivity index (χ2n) is 2.94. The molecule has 0 atom stereocenters. The number of nitrogens with two attached hydrogens (primary N) is 1. The van der Waals surface area contributed by atoms with Gasteiger partial charge >= 0.3 is 12.6 Å². The van der Waals surface area contributed by atoms with Crippen molar-refractivity contribution >= 4 is 11.7 Å². The Kier molecular flexibility index (Phi) is 4.19. The zero-order chi connectivity index (χ0) is 13.0. The standard InChI is InChI=1S/C10H10F3NO3/c1-2-16-9(15)5-3-4-6(17-10(12)13)8(14)7(5)11/h3-4,10H,2,14H2,1H3. The van der Waals surface area contributed by atoms with Crippen molar-refractivity contribution in [3.05, 3.63) is 23.5 Å². The molecule has 0 aliphatic carbocycles. The lowest BCUT2D eigenvalue weighted by Crippen LogP contribution is -2.11. The summed E-state index contributed by atoms with van der Waals surface area (Å²) < 4.78 is 45.9. The second-order valence-corrected chi connectivity index (χ2v) is 2.94. The van der Waals surface area contributed by atoms with Crippen LogP contribution in [0.5, 0.6) is 5.75 Å². The van der Waals surface area contributed by atoms with Crippen molar-refractivity contribution in [2.75, 3.05) is 12.3 Å². The number of anilines is 1. The molecule has 0 heterocycles. The molecule has 0 aliphatic heterocycles. The van der Waals surface area contributed by atoms with Crippen LogP contribution in [0.25, 0.3) is 0 Å². The van der Waals surface area contributed by atoms with Crippen LogP contribution in [-0.4, -0.2) is 19.2 Å². The summed E-state index contributed by atoms with van der Waals surface area (Å²) in [6.07, 6.45) is 0. The van der Waals surface area contributed by atoms with E-state index in [1.165, 1.54) is 0 Å². The molecule has 94 valence electrons. The predicted molar refractivity (Wildman–Crippen MR) is 53.4 cm³/mol. The third kappa shape index (κ3) is 3.02. The molecule has 0 saturated carbocycles. The molecule has 0 spiro atoms. The van der Waals surface area contributed by atoms with Gasteiger partial charge < -0.3 is 15.2 Å². The summed E-state index contributed by atoms with van der Waals surface area (Å²) in [6, 6.07) is 1.96. The fourth-order valence-corrected chi connectivity index (χ4v) is 1.14. The molecule has 1 rings (SSSR count). The van der Waals surface area contributed by atoms with Gasteiger partial charge in [-0.1, -0.05) is 0 Å². The van der Waals surface area contributed by atoms with Crippen molar-refractivity contribution < 1.29 is 27.4 Å². The minimum absolute atomic E-state index is 0.0630. The van der Waals surface area contributed by atoms with Crippen LogP contribution < -0.4 is 10.5 Å². The van der Waals surface area contributed by atoms with Crippen LogP contribution in [0.3, 0.4) is 0 Å². The normalized spacial score (nSPS) is 10.4. The molecule has 0 saturated heterocycles. The van der Waals surface area contributed by atoms with Crippen LogP contribution in [0.15, 0.2) is 12.1 Å². The number of halogens is 3. The summed E-state index contributed by atoms with van der Waals surface area (Å²) in [6.45, 7) is -1.51. The van der Waals surface area contributed by atoms with Gasteiger partial charge in [-0.25, -0.2) is 9.18 Å². The zero-order valence-corrected chi connectivity index (χ0v) is 8.88. The van der Waals surface area contributed by atoms with Crippen molar-refractivity contribution in [1.82, 2.24) is 0 Å². The van der Waals surface area contributed by atoms with Crippen molar-refractivity contribution in [1.29, 1.82) is 0 Å². The van der Waals surface area contributed by atoms with Crippen LogP contribution in [0.2, 0.25) is 0 Å². The van der Waals surface area contributed by atoms with Crippen LogP contribution >= 0.6 is 0 Å². The number of carbonyl (C=O) groups is 1. The van der Waals surface area contributed by atoms with E-state index in [1.54, 1.807) is 6.92 Å². The Hall–Kier alpha value is -1.92. The number of hydrogen-bond acceptors (Lipinski definition) is 4. The number of hydrogen-bond donors (Lipinski definition) is 1. The van der Waals surface area contributed by atoms with E-state index in [2.05, 4.69) is 9.47 Å². The molecule has 0 fully saturated rings. The van der Waals surface area contributed by atoms with E-state index < -0.39 is 35.4 Å². The fourth-order valence-electron chi connectivity index (χ4n) is 1.14. The van der Waals surface area contributed by atoms with Gasteiger partial charge in [0.15, 0.2) is 11.6 Å². The highest BCUT2D eigenvalue weighted by atomic mass is 19.3. The van der Waals surface area contributed by atoms with Crippen LogP contribution in [0.4, 0.5) is 18.9 Å². The minimum atomic E-state index is -3.12. The number of carbonyl (C=O) groups excluding carboxylic acids is 1. The first-order chi connectivity index (χ1) is 7.97. The molecule has 0 radical (unpaired) electrons. The molecule has 7 heteroatoms. The molecule has 0 amide bonds. The first-order valence-electron chi connectivity index (χ1n) is 4.67. The van der Waals surface area contributed by atoms with E-state index in [0.717, 1.165) is 12.1 Å². The molecule has 0 aliphatic rings. The van der Waals surface area contributed by atoms with Crippen LogP contribution in [0.1, 0.15) is 17.3 Å². The minimum Gasteiger partial charge on any atom is -0.462 e. The van der Waals surface area contributed by atoms with Crippen molar-refractivity contribution in [3.63, 3.8) is 0 Å². The van der Waals surface area contributed by atoms with E-state index in [0.29, 0.717) is 0 Å². The van der Waals surface area contributed by atoms with Gasteiger partial charge in [-0.2, -0.15) is 8.78 Å². The third-order valence-electron chi connectivity index (χ3n) is 1.85. The van der Waals surface area contributed by atoms with E-state index in [4.69, 9.17) is 5.73 Å². The maximum absolute atomic E-state index is 13.5. The fraction of sp³-hybridized carbons (Fsp3) is 0.300. The molecular weight excluding hydrogens is 239 g/mol. The van der Waals surface area contributed by atoms with Crippen LogP contribution in [0, 0.1) is 5.82 Å². The van der Waals surface area contributed by atoms with E-state index in [9.17, 15) is 18.0 Å². The molecule has 1 aromatic rings. The summed E-state index contributed by atoms with van der Waals surface area (Å²) >= 11 is 0. The van der Waals surface area contributed by atoms with Crippen LogP contribution in [-0.2, 0) is 4.74 Å². The zero-order valence-electron chi connectivity index (χ0n) is 8.88. The highest BCUT2D eigenvalue weighted by Crippen LogP contribution is 2.28. The van der Waals surface area contributed by atoms with E-state index >= 15 is 0 Å². The summed E-state index contributed by atoms with van der Waals surface area (Å²) in [7, 11) is 0. The first kappa shape index (κ1) is 13.1. The maximum atomic E-state index is 13.5. The Morgan fingerprint density at radius 2 is 2.12 bits per heavy atom. The number of nitrogen functional groups attached to an aromatic ring is 1. The predicted octanol–water partition coefficient (Wildman–Crippen LogP) is 2.19. The highest BCUT2D eigenvalue weighted by Gasteiger charge is 2.19. The smallest absolute Gasteiger partial charge is 0.387 e. The van der Waals surface area contributed by atoms with E-state index in [1.807, 2.05) is 0 Å². The Labute approximate surface area is 95.1 Å². The lowest BCUT2D eigenvalue weighted by molar-refractivity contribution is -0.0494. The summed E-state index contributed by atoms with van der Waals surface area (Å²) in [4.78, 5) is 11.2. The maximum Gasteiger partial charge on any atom is 0.387 e. The molecule has 2 N–H and O–H groups in total. The molecule has 4 nitrogen and oxygen atoms in total. The average Bonchev–Trinajstić information content (AvgIpc) is 2.24. The lowest BCUT2D eigenvalue weighted by atomic mass is 10.1. The lowest BCUT2D eigenvalue weighted by Gasteiger charge is -2.10. The Morgan fingerprint density at radius 3 is 2.65 bits per heavy atom. The Balaban J connectivity index is 3.06. The van der Waals surface area contributed by atoms with E-state index in [-0.39, 0.29) is 6.61 Å². The average molecular weight is 249 g/mol. The Bertz CT molecular complexity index is 424. The van der Waals surface area contributed by atoms with Gasteiger partial charge in [0.05, 0.1) is 12.2 Å².